The van der Waals surface area contributed by atoms with Crippen molar-refractivity contribution in [2.75, 3.05) is 0 Å². The fourth-order valence-electron chi connectivity index (χ4n) is 1.44. The molecule has 0 aliphatic heterocycles. The van der Waals surface area contributed by atoms with E-state index in [0.29, 0.717) is 11.6 Å². The van der Waals surface area contributed by atoms with Crippen molar-refractivity contribution in [3.63, 3.8) is 0 Å². The van der Waals surface area contributed by atoms with Gasteiger partial charge in [-0.25, -0.2) is 9.97 Å². The Balaban J connectivity index is 2.29. The van der Waals surface area contributed by atoms with Gasteiger partial charge in [-0.3, -0.25) is 0 Å². The Labute approximate surface area is 108 Å². The monoisotopic (exact) mass is 296 g/mol. The van der Waals surface area contributed by atoms with Crippen LogP contribution >= 0.6 is 27.5 Å². The van der Waals surface area contributed by atoms with Crippen molar-refractivity contribution in [2.45, 2.75) is 13.3 Å². The van der Waals surface area contributed by atoms with Crippen LogP contribution in [-0.2, 0) is 6.42 Å². The first-order valence-electron chi connectivity index (χ1n) is 4.89. The minimum absolute atomic E-state index is 0.471. The van der Waals surface area contributed by atoms with E-state index >= 15 is 0 Å². The summed E-state index contributed by atoms with van der Waals surface area (Å²) in [6.45, 7) is 1.91. The molecule has 82 valence electrons. The Morgan fingerprint density at radius 2 is 1.88 bits per heavy atom. The number of halogens is 2. The molecule has 0 bridgehead atoms. The average molecular weight is 298 g/mol. The minimum Gasteiger partial charge on any atom is -0.237 e. The molecule has 0 saturated carbocycles. The van der Waals surface area contributed by atoms with Crippen molar-refractivity contribution in [1.82, 2.24) is 9.97 Å². The number of aromatic nitrogens is 2. The lowest BCUT2D eigenvalue weighted by molar-refractivity contribution is 0.934. The lowest BCUT2D eigenvalue weighted by atomic mass is 10.1. The Bertz CT molecular complexity index is 477. The number of benzene rings is 1. The molecule has 1 aromatic carbocycles. The van der Waals surface area contributed by atoms with Gasteiger partial charge in [-0.2, -0.15) is 0 Å². The van der Waals surface area contributed by atoms with Crippen molar-refractivity contribution in [1.29, 1.82) is 0 Å². The van der Waals surface area contributed by atoms with Crippen LogP contribution in [0.2, 0.25) is 5.15 Å². The van der Waals surface area contributed by atoms with Crippen LogP contribution in [0.4, 0.5) is 0 Å². The first-order chi connectivity index (χ1) is 7.66. The zero-order valence-electron chi connectivity index (χ0n) is 8.74. The summed E-state index contributed by atoms with van der Waals surface area (Å²) in [7, 11) is 0. The molecule has 16 heavy (non-hydrogen) atoms. The van der Waals surface area contributed by atoms with Gasteiger partial charge in [0.1, 0.15) is 11.0 Å². The molecule has 0 amide bonds. The van der Waals surface area contributed by atoms with Crippen molar-refractivity contribution in [3.05, 3.63) is 57.0 Å². The van der Waals surface area contributed by atoms with E-state index in [1.54, 1.807) is 0 Å². The van der Waals surface area contributed by atoms with Crippen molar-refractivity contribution >= 4 is 27.5 Å². The SMILES string of the molecule is Cc1nc(Cc2ccccc2)nc(Cl)c1Br. The van der Waals surface area contributed by atoms with E-state index in [1.165, 1.54) is 5.56 Å². The Hall–Kier alpha value is -0.930. The summed E-state index contributed by atoms with van der Waals surface area (Å²) in [6, 6.07) is 10.1. The molecular weight excluding hydrogens is 288 g/mol. The predicted octanol–water partition coefficient (Wildman–Crippen LogP) is 3.79. The fraction of sp³-hybridized carbons (Fsp3) is 0.167. The van der Waals surface area contributed by atoms with E-state index < -0.39 is 0 Å². The third kappa shape index (κ3) is 2.60. The third-order valence-electron chi connectivity index (χ3n) is 2.23. The van der Waals surface area contributed by atoms with Crippen LogP contribution in [0.25, 0.3) is 0 Å². The summed E-state index contributed by atoms with van der Waals surface area (Å²) in [5.41, 5.74) is 2.05. The van der Waals surface area contributed by atoms with Gasteiger partial charge in [-0.15, -0.1) is 0 Å². The summed E-state index contributed by atoms with van der Waals surface area (Å²) in [4.78, 5) is 8.62. The summed E-state index contributed by atoms with van der Waals surface area (Å²) in [5.74, 6) is 0.747. The highest BCUT2D eigenvalue weighted by Gasteiger charge is 2.07. The second kappa shape index (κ2) is 4.93. The molecular formula is C12H10BrClN2. The topological polar surface area (TPSA) is 25.8 Å². The van der Waals surface area contributed by atoms with Gasteiger partial charge in [0, 0.05) is 6.42 Å². The molecule has 1 aromatic heterocycles. The normalized spacial score (nSPS) is 10.4. The van der Waals surface area contributed by atoms with Gasteiger partial charge in [-0.05, 0) is 28.4 Å². The highest BCUT2D eigenvalue weighted by molar-refractivity contribution is 9.10. The number of rotatable bonds is 2. The van der Waals surface area contributed by atoms with Crippen LogP contribution in [0.15, 0.2) is 34.8 Å². The molecule has 0 spiro atoms. The molecule has 0 aliphatic rings. The molecule has 1 heterocycles. The van der Waals surface area contributed by atoms with Crippen LogP contribution in [-0.4, -0.2) is 9.97 Å². The van der Waals surface area contributed by atoms with Gasteiger partial charge in [0.05, 0.1) is 10.2 Å². The molecule has 2 aromatic rings. The first-order valence-corrected chi connectivity index (χ1v) is 6.06. The Kier molecular flexibility index (Phi) is 3.56. The molecule has 0 aliphatic carbocycles. The van der Waals surface area contributed by atoms with Crippen molar-refractivity contribution in [3.8, 4) is 0 Å². The molecule has 0 atom stereocenters. The molecule has 2 rings (SSSR count). The molecule has 0 radical (unpaired) electrons. The number of hydrogen-bond acceptors (Lipinski definition) is 2. The van der Waals surface area contributed by atoms with E-state index in [0.717, 1.165) is 16.0 Å². The lowest BCUT2D eigenvalue weighted by Crippen LogP contribution is -1.99. The molecule has 4 heteroatoms. The van der Waals surface area contributed by atoms with Gasteiger partial charge < -0.3 is 0 Å². The van der Waals surface area contributed by atoms with Crippen LogP contribution in [0.5, 0.6) is 0 Å². The first kappa shape index (κ1) is 11.6. The largest absolute Gasteiger partial charge is 0.237 e. The second-order valence-corrected chi connectivity index (χ2v) is 4.64. The van der Waals surface area contributed by atoms with Gasteiger partial charge in [0.2, 0.25) is 0 Å². The summed E-state index contributed by atoms with van der Waals surface area (Å²) >= 11 is 9.33. The molecule has 0 saturated heterocycles. The van der Waals surface area contributed by atoms with Gasteiger partial charge >= 0.3 is 0 Å². The van der Waals surface area contributed by atoms with E-state index in [-0.39, 0.29) is 0 Å². The number of hydrogen-bond donors (Lipinski definition) is 0. The average Bonchev–Trinajstić information content (AvgIpc) is 2.27. The maximum atomic E-state index is 5.99. The quantitative estimate of drug-likeness (QED) is 0.788. The van der Waals surface area contributed by atoms with E-state index in [1.807, 2.05) is 25.1 Å². The highest BCUT2D eigenvalue weighted by atomic mass is 79.9. The molecule has 0 N–H and O–H groups in total. The van der Waals surface area contributed by atoms with Crippen LogP contribution in [0.3, 0.4) is 0 Å². The standard InChI is InChI=1S/C12H10BrClN2/c1-8-11(13)12(14)16-10(15-8)7-9-5-3-2-4-6-9/h2-6H,7H2,1H3. The van der Waals surface area contributed by atoms with Crippen LogP contribution < -0.4 is 0 Å². The number of nitrogens with zero attached hydrogens (tertiary/aromatic N) is 2. The Morgan fingerprint density at radius 1 is 1.19 bits per heavy atom. The van der Waals surface area contributed by atoms with E-state index in [2.05, 4.69) is 38.0 Å². The maximum Gasteiger partial charge on any atom is 0.147 e. The van der Waals surface area contributed by atoms with Crippen LogP contribution in [0, 0.1) is 6.92 Å². The third-order valence-corrected chi connectivity index (χ3v) is 3.68. The predicted molar refractivity (Wildman–Crippen MR) is 68.7 cm³/mol. The van der Waals surface area contributed by atoms with Crippen molar-refractivity contribution in [2.24, 2.45) is 0 Å². The molecule has 2 nitrogen and oxygen atoms in total. The lowest BCUT2D eigenvalue weighted by Gasteiger charge is -2.04. The maximum absolute atomic E-state index is 5.99. The van der Waals surface area contributed by atoms with E-state index in [4.69, 9.17) is 11.6 Å². The summed E-state index contributed by atoms with van der Waals surface area (Å²) in [6.07, 6.45) is 0.703. The summed E-state index contributed by atoms with van der Waals surface area (Å²) < 4.78 is 0.769. The van der Waals surface area contributed by atoms with Gasteiger partial charge in [-0.1, -0.05) is 41.9 Å². The minimum atomic E-state index is 0.471. The van der Waals surface area contributed by atoms with Crippen LogP contribution in [0.1, 0.15) is 17.1 Å². The van der Waals surface area contributed by atoms with Crippen molar-refractivity contribution < 1.29 is 0 Å². The highest BCUT2D eigenvalue weighted by Crippen LogP contribution is 2.23. The molecule has 0 fully saturated rings. The number of aryl methyl sites for hydroxylation is 1. The zero-order chi connectivity index (χ0) is 11.5. The van der Waals surface area contributed by atoms with Gasteiger partial charge in [0.15, 0.2) is 0 Å². The second-order valence-electron chi connectivity index (χ2n) is 3.49. The zero-order valence-corrected chi connectivity index (χ0v) is 11.1. The van der Waals surface area contributed by atoms with E-state index in [9.17, 15) is 0 Å². The summed E-state index contributed by atoms with van der Waals surface area (Å²) in [5, 5.41) is 0.471. The smallest absolute Gasteiger partial charge is 0.147 e. The molecule has 0 unspecified atom stereocenters. The Morgan fingerprint density at radius 3 is 2.50 bits per heavy atom. The fourth-order valence-corrected chi connectivity index (χ4v) is 1.85. The van der Waals surface area contributed by atoms with Gasteiger partial charge in [0.25, 0.3) is 0 Å².